The molecule has 106 valence electrons. The maximum atomic E-state index is 5.78. The molecular weight excluding hydrogens is 258 g/mol. The highest BCUT2D eigenvalue weighted by atomic mass is 15.2. The Labute approximate surface area is 124 Å². The summed E-state index contributed by atoms with van der Waals surface area (Å²) in [6.07, 6.45) is 5.73. The van der Waals surface area contributed by atoms with E-state index in [2.05, 4.69) is 52.9 Å². The molecule has 0 aliphatic rings. The van der Waals surface area contributed by atoms with E-state index in [1.807, 2.05) is 24.5 Å². The van der Waals surface area contributed by atoms with Crippen molar-refractivity contribution >= 4 is 10.8 Å². The highest BCUT2D eigenvalue weighted by Crippen LogP contribution is 2.25. The molecular formula is C18H19N3. The maximum Gasteiger partial charge on any atom is 0.0484 e. The number of nitrogens with one attached hydrogen (secondary N) is 1. The lowest BCUT2D eigenvalue weighted by atomic mass is 9.97. The quantitative estimate of drug-likeness (QED) is 0.555. The van der Waals surface area contributed by atoms with Gasteiger partial charge in [-0.1, -0.05) is 54.6 Å². The van der Waals surface area contributed by atoms with Gasteiger partial charge in [0.25, 0.3) is 0 Å². The van der Waals surface area contributed by atoms with E-state index in [0.717, 1.165) is 23.8 Å². The third kappa shape index (κ3) is 3.10. The zero-order chi connectivity index (χ0) is 14.5. The van der Waals surface area contributed by atoms with Crippen molar-refractivity contribution in [2.75, 3.05) is 0 Å². The first-order valence-electron chi connectivity index (χ1n) is 7.21. The summed E-state index contributed by atoms with van der Waals surface area (Å²) in [5.74, 6) is 5.78. The number of hydrogen-bond acceptors (Lipinski definition) is 3. The summed E-state index contributed by atoms with van der Waals surface area (Å²) >= 11 is 0. The van der Waals surface area contributed by atoms with E-state index in [1.54, 1.807) is 0 Å². The van der Waals surface area contributed by atoms with Crippen LogP contribution in [0.2, 0.25) is 0 Å². The Kier molecular flexibility index (Phi) is 4.24. The predicted molar refractivity (Wildman–Crippen MR) is 86.6 cm³/mol. The van der Waals surface area contributed by atoms with Crippen molar-refractivity contribution in [2.24, 2.45) is 5.84 Å². The summed E-state index contributed by atoms with van der Waals surface area (Å²) < 4.78 is 0. The van der Waals surface area contributed by atoms with Gasteiger partial charge >= 0.3 is 0 Å². The summed E-state index contributed by atoms with van der Waals surface area (Å²) in [5.41, 5.74) is 5.42. The second-order valence-corrected chi connectivity index (χ2v) is 5.19. The summed E-state index contributed by atoms with van der Waals surface area (Å²) in [4.78, 5) is 4.34. The van der Waals surface area contributed by atoms with Gasteiger partial charge in [0, 0.05) is 23.8 Å². The van der Waals surface area contributed by atoms with Crippen LogP contribution in [0.5, 0.6) is 0 Å². The molecule has 2 aromatic carbocycles. The first-order valence-corrected chi connectivity index (χ1v) is 7.21. The number of benzene rings is 2. The van der Waals surface area contributed by atoms with Gasteiger partial charge in [0.2, 0.25) is 0 Å². The van der Waals surface area contributed by atoms with E-state index in [4.69, 9.17) is 5.84 Å². The second-order valence-electron chi connectivity index (χ2n) is 5.19. The fraction of sp³-hybridized carbons (Fsp3) is 0.167. The SMILES string of the molecule is NNC(CCc1ccccc1)c1cncc2ccccc12. The van der Waals surface area contributed by atoms with Gasteiger partial charge in [-0.3, -0.25) is 16.3 Å². The van der Waals surface area contributed by atoms with Crippen molar-refractivity contribution in [1.29, 1.82) is 0 Å². The molecule has 0 bridgehead atoms. The van der Waals surface area contributed by atoms with Gasteiger partial charge in [-0.2, -0.15) is 0 Å². The van der Waals surface area contributed by atoms with E-state index < -0.39 is 0 Å². The number of nitrogens with zero attached hydrogens (tertiary/aromatic N) is 1. The zero-order valence-corrected chi connectivity index (χ0v) is 11.9. The third-order valence-corrected chi connectivity index (χ3v) is 3.84. The van der Waals surface area contributed by atoms with E-state index in [9.17, 15) is 0 Å². The predicted octanol–water partition coefficient (Wildman–Crippen LogP) is 3.37. The van der Waals surface area contributed by atoms with Crippen molar-refractivity contribution < 1.29 is 0 Å². The molecule has 0 spiro atoms. The number of fused-ring (bicyclic) bond motifs is 1. The van der Waals surface area contributed by atoms with E-state index in [1.165, 1.54) is 10.9 Å². The van der Waals surface area contributed by atoms with Crippen LogP contribution in [0.1, 0.15) is 23.6 Å². The topological polar surface area (TPSA) is 50.9 Å². The van der Waals surface area contributed by atoms with Crippen molar-refractivity contribution in [3.05, 3.63) is 78.1 Å². The first kappa shape index (κ1) is 13.7. The van der Waals surface area contributed by atoms with Crippen molar-refractivity contribution in [3.8, 4) is 0 Å². The number of aromatic nitrogens is 1. The van der Waals surface area contributed by atoms with Gasteiger partial charge in [0.1, 0.15) is 0 Å². The van der Waals surface area contributed by atoms with Gasteiger partial charge in [-0.15, -0.1) is 0 Å². The van der Waals surface area contributed by atoms with Crippen molar-refractivity contribution in [1.82, 2.24) is 10.4 Å². The molecule has 0 fully saturated rings. The molecule has 1 atom stereocenters. The third-order valence-electron chi connectivity index (χ3n) is 3.84. The van der Waals surface area contributed by atoms with E-state index >= 15 is 0 Å². The molecule has 0 saturated carbocycles. The number of rotatable bonds is 5. The van der Waals surface area contributed by atoms with Gasteiger partial charge in [-0.25, -0.2) is 0 Å². The minimum atomic E-state index is 0.101. The first-order chi connectivity index (χ1) is 10.4. The standard InChI is InChI=1S/C18H19N3/c19-21-18(11-10-14-6-2-1-3-7-14)17-13-20-12-15-8-4-5-9-16(15)17/h1-9,12-13,18,21H,10-11,19H2. The minimum Gasteiger partial charge on any atom is -0.271 e. The van der Waals surface area contributed by atoms with Crippen LogP contribution in [0.3, 0.4) is 0 Å². The monoisotopic (exact) mass is 277 g/mol. The maximum absolute atomic E-state index is 5.78. The van der Waals surface area contributed by atoms with Crippen LogP contribution in [-0.2, 0) is 6.42 Å². The number of hydrazine groups is 1. The van der Waals surface area contributed by atoms with E-state index in [0.29, 0.717) is 0 Å². The molecule has 1 unspecified atom stereocenters. The van der Waals surface area contributed by atoms with Crippen LogP contribution in [0.25, 0.3) is 10.8 Å². The Hall–Kier alpha value is -2.23. The average molecular weight is 277 g/mol. The molecule has 0 aliphatic carbocycles. The summed E-state index contributed by atoms with van der Waals surface area (Å²) in [6, 6.07) is 18.9. The Balaban J connectivity index is 1.85. The number of hydrogen-bond donors (Lipinski definition) is 2. The number of nitrogens with two attached hydrogens (primary N) is 1. The molecule has 21 heavy (non-hydrogen) atoms. The molecule has 0 radical (unpaired) electrons. The molecule has 0 amide bonds. The second kappa shape index (κ2) is 6.48. The van der Waals surface area contributed by atoms with E-state index in [-0.39, 0.29) is 6.04 Å². The summed E-state index contributed by atoms with van der Waals surface area (Å²) in [5, 5.41) is 2.36. The van der Waals surface area contributed by atoms with Crippen molar-refractivity contribution in [3.63, 3.8) is 0 Å². The highest BCUT2D eigenvalue weighted by Gasteiger charge is 2.13. The largest absolute Gasteiger partial charge is 0.271 e. The Morgan fingerprint density at radius 1 is 0.952 bits per heavy atom. The van der Waals surface area contributed by atoms with Crippen LogP contribution in [0.4, 0.5) is 0 Å². The smallest absolute Gasteiger partial charge is 0.0484 e. The van der Waals surface area contributed by atoms with Crippen molar-refractivity contribution in [2.45, 2.75) is 18.9 Å². The normalized spacial score (nSPS) is 12.4. The fourth-order valence-corrected chi connectivity index (χ4v) is 2.70. The van der Waals surface area contributed by atoms with Gasteiger partial charge < -0.3 is 0 Å². The molecule has 3 heteroatoms. The van der Waals surface area contributed by atoms with Gasteiger partial charge in [0.05, 0.1) is 0 Å². The molecule has 3 N–H and O–H groups in total. The lowest BCUT2D eigenvalue weighted by Gasteiger charge is -2.18. The summed E-state index contributed by atoms with van der Waals surface area (Å²) in [6.45, 7) is 0. The lowest BCUT2D eigenvalue weighted by molar-refractivity contribution is 0.518. The van der Waals surface area contributed by atoms with Crippen LogP contribution < -0.4 is 11.3 Å². The highest BCUT2D eigenvalue weighted by molar-refractivity contribution is 5.85. The lowest BCUT2D eigenvalue weighted by Crippen LogP contribution is -2.28. The average Bonchev–Trinajstić information content (AvgIpc) is 2.56. The minimum absolute atomic E-state index is 0.101. The van der Waals surface area contributed by atoms with Gasteiger partial charge in [-0.05, 0) is 29.4 Å². The Morgan fingerprint density at radius 3 is 2.52 bits per heavy atom. The Bertz CT molecular complexity index is 704. The fourth-order valence-electron chi connectivity index (χ4n) is 2.70. The molecule has 3 rings (SSSR count). The summed E-state index contributed by atoms with van der Waals surface area (Å²) in [7, 11) is 0. The number of aryl methyl sites for hydroxylation is 1. The van der Waals surface area contributed by atoms with Crippen LogP contribution in [0.15, 0.2) is 67.0 Å². The molecule has 3 nitrogen and oxygen atoms in total. The molecule has 3 aromatic rings. The molecule has 1 aromatic heterocycles. The zero-order valence-electron chi connectivity index (χ0n) is 11.9. The van der Waals surface area contributed by atoms with Gasteiger partial charge in [0.15, 0.2) is 0 Å². The number of pyridine rings is 1. The Morgan fingerprint density at radius 2 is 1.71 bits per heavy atom. The van der Waals surface area contributed by atoms with Crippen LogP contribution in [0, 0.1) is 0 Å². The molecule has 0 aliphatic heterocycles. The van der Waals surface area contributed by atoms with Crippen LogP contribution in [-0.4, -0.2) is 4.98 Å². The molecule has 1 heterocycles. The molecule has 0 saturated heterocycles. The van der Waals surface area contributed by atoms with Crippen LogP contribution >= 0.6 is 0 Å².